The molecule has 0 atom stereocenters. The molecule has 1 N–H and O–H groups in total. The maximum absolute atomic E-state index is 12.4. The minimum Gasteiger partial charge on any atom is -0.379 e. The highest BCUT2D eigenvalue weighted by Gasteiger charge is 2.21. The highest BCUT2D eigenvalue weighted by atomic mass is 32.1. The predicted octanol–water partition coefficient (Wildman–Crippen LogP) is 3.21. The van der Waals surface area contributed by atoms with E-state index in [1.165, 1.54) is 4.88 Å². The monoisotopic (exact) mass is 445 g/mol. The molecule has 1 saturated heterocycles. The molecule has 160 valence electrons. The van der Waals surface area contributed by atoms with Crippen LogP contribution in [0.5, 0.6) is 0 Å². The summed E-state index contributed by atoms with van der Waals surface area (Å²) < 4.78 is 5.46. The molecular weight excluding hydrogens is 418 g/mol. The number of hydrogen-bond acceptors (Lipinski definition) is 8. The quantitative estimate of drug-likeness (QED) is 0.574. The van der Waals surface area contributed by atoms with E-state index in [-0.39, 0.29) is 12.5 Å². The molecule has 1 amide bonds. The minimum absolute atomic E-state index is 0.00810. The van der Waals surface area contributed by atoms with E-state index in [4.69, 9.17) is 14.7 Å². The second kappa shape index (κ2) is 9.82. The first-order chi connectivity index (χ1) is 14.7. The van der Waals surface area contributed by atoms with E-state index in [2.05, 4.69) is 40.0 Å². The zero-order valence-electron chi connectivity index (χ0n) is 17.4. The van der Waals surface area contributed by atoms with Gasteiger partial charge in [-0.1, -0.05) is 13.0 Å². The van der Waals surface area contributed by atoms with Crippen molar-refractivity contribution < 1.29 is 9.53 Å². The fourth-order valence-corrected chi connectivity index (χ4v) is 5.27. The molecule has 3 aromatic heterocycles. The Morgan fingerprint density at radius 2 is 2.13 bits per heavy atom. The standard InChI is InChI=1S/C21H27N5O2S2/c1-3-6-22-18(27)13-25(2)20-19-15(16-5-4-11-29-16)14-30-21(19)24-17(23-20)12-26-7-9-28-10-8-26/h4-5,11,14H,3,6-10,12-13H2,1-2H3,(H,22,27). The molecule has 7 nitrogen and oxygen atoms in total. The van der Waals surface area contributed by atoms with Crippen molar-refractivity contribution in [2.75, 3.05) is 51.3 Å². The largest absolute Gasteiger partial charge is 0.379 e. The number of aromatic nitrogens is 2. The van der Waals surface area contributed by atoms with Gasteiger partial charge in [0.2, 0.25) is 5.91 Å². The van der Waals surface area contributed by atoms with Crippen molar-refractivity contribution in [3.8, 4) is 10.4 Å². The minimum atomic E-state index is 0.00810. The first-order valence-corrected chi connectivity index (χ1v) is 12.0. The molecular formula is C21H27N5O2S2. The van der Waals surface area contributed by atoms with Gasteiger partial charge < -0.3 is 15.0 Å². The Morgan fingerprint density at radius 3 is 2.87 bits per heavy atom. The van der Waals surface area contributed by atoms with Crippen LogP contribution in [0.1, 0.15) is 19.2 Å². The molecule has 0 aromatic carbocycles. The van der Waals surface area contributed by atoms with Crippen molar-refractivity contribution in [1.82, 2.24) is 20.2 Å². The van der Waals surface area contributed by atoms with Crippen LogP contribution in [0.3, 0.4) is 0 Å². The Hall–Kier alpha value is -2.07. The Morgan fingerprint density at radius 1 is 1.30 bits per heavy atom. The van der Waals surface area contributed by atoms with Crippen LogP contribution in [0.4, 0.5) is 5.82 Å². The van der Waals surface area contributed by atoms with Crippen molar-refractivity contribution in [1.29, 1.82) is 0 Å². The van der Waals surface area contributed by atoms with E-state index in [0.717, 1.165) is 60.1 Å². The van der Waals surface area contributed by atoms with Gasteiger partial charge in [0.25, 0.3) is 0 Å². The van der Waals surface area contributed by atoms with Gasteiger partial charge in [0, 0.05) is 42.5 Å². The molecule has 0 unspecified atom stereocenters. The molecule has 0 spiro atoms. The van der Waals surface area contributed by atoms with Crippen LogP contribution < -0.4 is 10.2 Å². The highest BCUT2D eigenvalue weighted by molar-refractivity contribution is 7.18. The van der Waals surface area contributed by atoms with Gasteiger partial charge in [0.1, 0.15) is 16.5 Å². The van der Waals surface area contributed by atoms with Gasteiger partial charge >= 0.3 is 0 Å². The van der Waals surface area contributed by atoms with E-state index < -0.39 is 0 Å². The number of thiophene rings is 2. The van der Waals surface area contributed by atoms with Gasteiger partial charge in [-0.2, -0.15) is 0 Å². The van der Waals surface area contributed by atoms with Crippen LogP contribution in [0.2, 0.25) is 0 Å². The van der Waals surface area contributed by atoms with Crippen LogP contribution >= 0.6 is 22.7 Å². The van der Waals surface area contributed by atoms with E-state index in [0.29, 0.717) is 13.1 Å². The van der Waals surface area contributed by atoms with Gasteiger partial charge in [-0.15, -0.1) is 22.7 Å². The maximum Gasteiger partial charge on any atom is 0.239 e. The van der Waals surface area contributed by atoms with Gasteiger partial charge in [0.05, 0.1) is 31.7 Å². The molecule has 4 heterocycles. The number of nitrogens with zero attached hydrogens (tertiary/aromatic N) is 4. The summed E-state index contributed by atoms with van der Waals surface area (Å²) in [6.45, 7) is 6.95. The second-order valence-electron chi connectivity index (χ2n) is 7.36. The third-order valence-electron chi connectivity index (χ3n) is 5.03. The molecule has 3 aromatic rings. The fourth-order valence-electron chi connectivity index (χ4n) is 3.50. The van der Waals surface area contributed by atoms with Crippen LogP contribution in [0, 0.1) is 0 Å². The lowest BCUT2D eigenvalue weighted by Gasteiger charge is -2.26. The molecule has 0 aliphatic carbocycles. The van der Waals surface area contributed by atoms with Crippen molar-refractivity contribution in [3.05, 3.63) is 28.7 Å². The SMILES string of the molecule is CCCNC(=O)CN(C)c1nc(CN2CCOCC2)nc2scc(-c3cccs3)c12. The Labute approximate surface area is 184 Å². The van der Waals surface area contributed by atoms with Crippen molar-refractivity contribution in [3.63, 3.8) is 0 Å². The van der Waals surface area contributed by atoms with Gasteiger partial charge in [-0.3, -0.25) is 9.69 Å². The third kappa shape index (κ3) is 4.80. The molecule has 0 saturated carbocycles. The number of rotatable bonds is 8. The number of ether oxygens (including phenoxy) is 1. The lowest BCUT2D eigenvalue weighted by molar-refractivity contribution is -0.119. The second-order valence-corrected chi connectivity index (χ2v) is 9.17. The van der Waals surface area contributed by atoms with Gasteiger partial charge in [-0.05, 0) is 17.9 Å². The molecule has 1 fully saturated rings. The van der Waals surface area contributed by atoms with Crippen LogP contribution in [0.25, 0.3) is 20.7 Å². The van der Waals surface area contributed by atoms with Gasteiger partial charge in [0.15, 0.2) is 0 Å². The Balaban J connectivity index is 1.69. The number of fused-ring (bicyclic) bond motifs is 1. The number of anilines is 1. The summed E-state index contributed by atoms with van der Waals surface area (Å²) in [7, 11) is 1.93. The number of carbonyl (C=O) groups excluding carboxylic acids is 1. The highest BCUT2D eigenvalue weighted by Crippen LogP contribution is 2.39. The number of hydrogen-bond donors (Lipinski definition) is 1. The molecule has 1 aliphatic heterocycles. The first kappa shape index (κ1) is 21.2. The molecule has 30 heavy (non-hydrogen) atoms. The lowest BCUT2D eigenvalue weighted by Crippen LogP contribution is -2.37. The van der Waals surface area contributed by atoms with Crippen molar-refractivity contribution in [2.24, 2.45) is 0 Å². The summed E-state index contributed by atoms with van der Waals surface area (Å²) >= 11 is 3.34. The van der Waals surface area contributed by atoms with Gasteiger partial charge in [-0.25, -0.2) is 9.97 Å². The van der Waals surface area contributed by atoms with E-state index >= 15 is 0 Å². The summed E-state index contributed by atoms with van der Waals surface area (Å²) in [4.78, 5) is 28.6. The smallest absolute Gasteiger partial charge is 0.239 e. The van der Waals surface area contributed by atoms with Crippen LogP contribution in [-0.2, 0) is 16.1 Å². The summed E-state index contributed by atoms with van der Waals surface area (Å²) in [5, 5.41) is 8.21. The molecule has 0 bridgehead atoms. The van der Waals surface area contributed by atoms with E-state index in [1.54, 1.807) is 22.7 Å². The predicted molar refractivity (Wildman–Crippen MR) is 123 cm³/mol. The van der Waals surface area contributed by atoms with E-state index in [1.807, 2.05) is 11.9 Å². The fraction of sp³-hybridized carbons (Fsp3) is 0.476. The zero-order chi connectivity index (χ0) is 20.9. The number of nitrogens with one attached hydrogen (secondary N) is 1. The topological polar surface area (TPSA) is 70.6 Å². The normalized spacial score (nSPS) is 14.9. The number of likely N-dealkylation sites (N-methyl/N-ethyl adjacent to an activating group) is 1. The maximum atomic E-state index is 12.4. The lowest BCUT2D eigenvalue weighted by atomic mass is 10.2. The van der Waals surface area contributed by atoms with Crippen molar-refractivity contribution >= 4 is 44.6 Å². The zero-order valence-corrected chi connectivity index (χ0v) is 19.0. The molecule has 9 heteroatoms. The Bertz CT molecular complexity index is 983. The summed E-state index contributed by atoms with van der Waals surface area (Å²) in [6.07, 6.45) is 0.921. The van der Waals surface area contributed by atoms with Crippen molar-refractivity contribution in [2.45, 2.75) is 19.9 Å². The average Bonchev–Trinajstić information content (AvgIpc) is 3.42. The molecule has 0 radical (unpaired) electrons. The first-order valence-electron chi connectivity index (χ1n) is 10.3. The summed E-state index contributed by atoms with van der Waals surface area (Å²) in [5.41, 5.74) is 1.14. The average molecular weight is 446 g/mol. The van der Waals surface area contributed by atoms with Crippen LogP contribution in [-0.4, -0.2) is 67.2 Å². The number of carbonyl (C=O) groups is 1. The summed E-state index contributed by atoms with van der Waals surface area (Å²) in [6, 6.07) is 4.17. The van der Waals surface area contributed by atoms with Crippen LogP contribution in [0.15, 0.2) is 22.9 Å². The number of morpholine rings is 1. The Kier molecular flexibility index (Phi) is 6.93. The molecule has 4 rings (SSSR count). The number of amides is 1. The summed E-state index contributed by atoms with van der Waals surface area (Å²) in [5.74, 6) is 1.62. The van der Waals surface area contributed by atoms with E-state index in [9.17, 15) is 4.79 Å². The third-order valence-corrected chi connectivity index (χ3v) is 6.81. The molecule has 1 aliphatic rings.